The maximum atomic E-state index is 12.7. The Hall–Kier alpha value is -2.51. The lowest BCUT2D eigenvalue weighted by atomic mass is 10.1. The summed E-state index contributed by atoms with van der Waals surface area (Å²) in [5.41, 5.74) is 2.04. The van der Waals surface area contributed by atoms with Crippen LogP contribution in [0.3, 0.4) is 0 Å². The van der Waals surface area contributed by atoms with E-state index < -0.39 is 10.0 Å². The van der Waals surface area contributed by atoms with Crippen LogP contribution in [0.15, 0.2) is 53.4 Å². The Bertz CT molecular complexity index is 978. The third kappa shape index (κ3) is 5.52. The number of hydrogen-bond donors (Lipinski definition) is 1. The molecule has 1 aliphatic heterocycles. The standard InChI is InChI=1S/C22H26N2O4S/c1-17(25)19-6-5-7-20(16-19)23-22(26)13-10-18-8-11-21(12-9-18)29(27,28)24-14-3-2-4-15-24/h5-9,11-12,16H,2-4,10,13-15H2,1H3,(H,23,26). The Labute approximate surface area is 172 Å². The zero-order chi connectivity index (χ0) is 20.9. The van der Waals surface area contributed by atoms with Gasteiger partial charge >= 0.3 is 0 Å². The van der Waals surface area contributed by atoms with Crippen LogP contribution in [-0.2, 0) is 21.2 Å². The fraction of sp³-hybridized carbons (Fsp3) is 0.364. The van der Waals surface area contributed by atoms with Gasteiger partial charge in [-0.1, -0.05) is 30.7 Å². The molecule has 6 nitrogen and oxygen atoms in total. The number of anilines is 1. The zero-order valence-electron chi connectivity index (χ0n) is 16.6. The van der Waals surface area contributed by atoms with Gasteiger partial charge in [-0.2, -0.15) is 4.31 Å². The molecule has 0 spiro atoms. The van der Waals surface area contributed by atoms with Gasteiger partial charge in [0.05, 0.1) is 4.90 Å². The lowest BCUT2D eigenvalue weighted by Crippen LogP contribution is -2.35. The quantitative estimate of drug-likeness (QED) is 0.701. The summed E-state index contributed by atoms with van der Waals surface area (Å²) >= 11 is 0. The minimum absolute atomic E-state index is 0.0549. The van der Waals surface area contributed by atoms with Crippen LogP contribution in [0.1, 0.15) is 48.5 Å². The summed E-state index contributed by atoms with van der Waals surface area (Å²) in [6, 6.07) is 13.6. The molecule has 1 fully saturated rings. The second-order valence-electron chi connectivity index (χ2n) is 7.29. The molecule has 2 aromatic carbocycles. The molecular weight excluding hydrogens is 388 g/mol. The molecule has 2 aromatic rings. The van der Waals surface area contributed by atoms with Gasteiger partial charge in [0.25, 0.3) is 0 Å². The molecular formula is C22H26N2O4S. The number of carbonyl (C=O) groups excluding carboxylic acids is 2. The lowest BCUT2D eigenvalue weighted by Gasteiger charge is -2.25. The Balaban J connectivity index is 1.56. The normalized spacial score (nSPS) is 15.1. The Morgan fingerprint density at radius 2 is 1.69 bits per heavy atom. The van der Waals surface area contributed by atoms with Gasteiger partial charge in [-0.3, -0.25) is 9.59 Å². The number of sulfonamides is 1. The maximum absolute atomic E-state index is 12.7. The van der Waals surface area contributed by atoms with Crippen LogP contribution >= 0.6 is 0 Å². The van der Waals surface area contributed by atoms with E-state index in [9.17, 15) is 18.0 Å². The van der Waals surface area contributed by atoms with Crippen LogP contribution in [0.2, 0.25) is 0 Å². The molecule has 0 radical (unpaired) electrons. The minimum Gasteiger partial charge on any atom is -0.326 e. The van der Waals surface area contributed by atoms with Crippen molar-refractivity contribution in [2.24, 2.45) is 0 Å². The molecule has 1 amide bonds. The average Bonchev–Trinajstić information content (AvgIpc) is 2.73. The van der Waals surface area contributed by atoms with E-state index in [1.54, 1.807) is 52.8 Å². The number of benzene rings is 2. The number of piperidine rings is 1. The molecule has 1 aliphatic rings. The van der Waals surface area contributed by atoms with Crippen LogP contribution in [-0.4, -0.2) is 37.5 Å². The number of Topliss-reactive ketones (excluding diaryl/α,β-unsaturated/α-hetero) is 1. The molecule has 0 atom stereocenters. The van der Waals surface area contributed by atoms with Crippen LogP contribution in [0.4, 0.5) is 5.69 Å². The summed E-state index contributed by atoms with van der Waals surface area (Å²) < 4.78 is 26.9. The van der Waals surface area contributed by atoms with E-state index in [0.717, 1.165) is 24.8 Å². The summed E-state index contributed by atoms with van der Waals surface area (Å²) in [5.74, 6) is -0.212. The number of aryl methyl sites for hydroxylation is 1. The highest BCUT2D eigenvalue weighted by atomic mass is 32.2. The van der Waals surface area contributed by atoms with E-state index in [4.69, 9.17) is 0 Å². The summed E-state index contributed by atoms with van der Waals surface area (Å²) in [5, 5.41) is 2.79. The molecule has 0 aromatic heterocycles. The minimum atomic E-state index is -3.44. The van der Waals surface area contributed by atoms with E-state index in [-0.39, 0.29) is 18.1 Å². The van der Waals surface area contributed by atoms with E-state index >= 15 is 0 Å². The summed E-state index contributed by atoms with van der Waals surface area (Å²) in [6.45, 7) is 2.64. The van der Waals surface area contributed by atoms with Crippen molar-refractivity contribution in [2.75, 3.05) is 18.4 Å². The number of carbonyl (C=O) groups is 2. The number of nitrogens with zero attached hydrogens (tertiary/aromatic N) is 1. The second-order valence-corrected chi connectivity index (χ2v) is 9.23. The highest BCUT2D eigenvalue weighted by Crippen LogP contribution is 2.21. The topological polar surface area (TPSA) is 83.5 Å². The SMILES string of the molecule is CC(=O)c1cccc(NC(=O)CCc2ccc(S(=O)(=O)N3CCCCC3)cc2)c1. The summed E-state index contributed by atoms with van der Waals surface area (Å²) in [6.07, 6.45) is 3.65. The lowest BCUT2D eigenvalue weighted by molar-refractivity contribution is -0.116. The molecule has 0 aliphatic carbocycles. The fourth-order valence-corrected chi connectivity index (χ4v) is 4.90. The van der Waals surface area contributed by atoms with Gasteiger partial charge in [0, 0.05) is 30.8 Å². The molecule has 0 bridgehead atoms. The van der Waals surface area contributed by atoms with Gasteiger partial charge in [-0.15, -0.1) is 0 Å². The average molecular weight is 415 g/mol. The predicted molar refractivity (Wildman–Crippen MR) is 112 cm³/mol. The second kappa shape index (κ2) is 9.33. The molecule has 29 heavy (non-hydrogen) atoms. The van der Waals surface area contributed by atoms with Gasteiger partial charge in [0.2, 0.25) is 15.9 Å². The van der Waals surface area contributed by atoms with E-state index in [1.807, 2.05) is 0 Å². The van der Waals surface area contributed by atoms with Crippen LogP contribution in [0.5, 0.6) is 0 Å². The first-order valence-electron chi connectivity index (χ1n) is 9.86. The fourth-order valence-electron chi connectivity index (χ4n) is 3.38. The Kier molecular flexibility index (Phi) is 6.82. The van der Waals surface area contributed by atoms with Crippen molar-refractivity contribution in [2.45, 2.75) is 43.9 Å². The van der Waals surface area contributed by atoms with Gasteiger partial charge in [-0.05, 0) is 56.0 Å². The number of ketones is 1. The van der Waals surface area contributed by atoms with Gasteiger partial charge in [-0.25, -0.2) is 8.42 Å². The first-order valence-corrected chi connectivity index (χ1v) is 11.3. The molecule has 0 saturated carbocycles. The first kappa shape index (κ1) is 21.2. The largest absolute Gasteiger partial charge is 0.326 e. The van der Waals surface area contributed by atoms with Crippen LogP contribution < -0.4 is 5.32 Å². The van der Waals surface area contributed by atoms with Crippen LogP contribution in [0.25, 0.3) is 0 Å². The molecule has 1 saturated heterocycles. The predicted octanol–water partition coefficient (Wildman–Crippen LogP) is 3.64. The van der Waals surface area contributed by atoms with Crippen molar-refractivity contribution < 1.29 is 18.0 Å². The van der Waals surface area contributed by atoms with Crippen molar-refractivity contribution >= 4 is 27.4 Å². The van der Waals surface area contributed by atoms with Gasteiger partial charge < -0.3 is 5.32 Å². The third-order valence-corrected chi connectivity index (χ3v) is 6.98. The first-order chi connectivity index (χ1) is 13.9. The monoisotopic (exact) mass is 414 g/mol. The van der Waals surface area contributed by atoms with Crippen molar-refractivity contribution in [1.29, 1.82) is 0 Å². The molecule has 154 valence electrons. The van der Waals surface area contributed by atoms with Crippen molar-refractivity contribution in [1.82, 2.24) is 4.31 Å². The van der Waals surface area contributed by atoms with Gasteiger partial charge in [0.1, 0.15) is 0 Å². The Morgan fingerprint density at radius 1 is 1.00 bits per heavy atom. The highest BCUT2D eigenvalue weighted by molar-refractivity contribution is 7.89. The number of amides is 1. The van der Waals surface area contributed by atoms with Crippen LogP contribution in [0, 0.1) is 0 Å². The van der Waals surface area contributed by atoms with Crippen molar-refractivity contribution in [3.63, 3.8) is 0 Å². The van der Waals surface area contributed by atoms with Crippen molar-refractivity contribution in [3.05, 3.63) is 59.7 Å². The van der Waals surface area contributed by atoms with Crippen molar-refractivity contribution in [3.8, 4) is 0 Å². The third-order valence-electron chi connectivity index (χ3n) is 5.07. The summed E-state index contributed by atoms with van der Waals surface area (Å²) in [4.78, 5) is 23.9. The van der Waals surface area contributed by atoms with E-state index in [0.29, 0.717) is 35.7 Å². The zero-order valence-corrected chi connectivity index (χ0v) is 17.4. The molecule has 0 unspecified atom stereocenters. The number of rotatable bonds is 7. The number of hydrogen-bond acceptors (Lipinski definition) is 4. The molecule has 3 rings (SSSR count). The van der Waals surface area contributed by atoms with Gasteiger partial charge in [0.15, 0.2) is 5.78 Å². The summed E-state index contributed by atoms with van der Waals surface area (Å²) in [7, 11) is -3.44. The number of nitrogens with one attached hydrogen (secondary N) is 1. The molecule has 1 heterocycles. The molecule has 7 heteroatoms. The Morgan fingerprint density at radius 3 is 2.34 bits per heavy atom. The smallest absolute Gasteiger partial charge is 0.243 e. The van der Waals surface area contributed by atoms with E-state index in [1.165, 1.54) is 6.92 Å². The van der Waals surface area contributed by atoms with E-state index in [2.05, 4.69) is 5.32 Å². The maximum Gasteiger partial charge on any atom is 0.243 e. The molecule has 1 N–H and O–H groups in total. The highest BCUT2D eigenvalue weighted by Gasteiger charge is 2.25.